The first-order chi connectivity index (χ1) is 35.8. The quantitative estimate of drug-likeness (QED) is 0.160. The van der Waals surface area contributed by atoms with Gasteiger partial charge >= 0.3 is 0 Å². The molecule has 0 spiro atoms. The first kappa shape index (κ1) is 32.2. The molecule has 0 bridgehead atoms. The molecule has 0 saturated heterocycles. The van der Waals surface area contributed by atoms with Gasteiger partial charge in [-0.2, -0.15) is 0 Å². The lowest BCUT2D eigenvalue weighted by Gasteiger charge is -2.45. The molecule has 330 valence electrons. The molecule has 8 aromatic carbocycles. The van der Waals surface area contributed by atoms with E-state index >= 15 is 0 Å². The van der Waals surface area contributed by atoms with Crippen molar-refractivity contribution in [2.24, 2.45) is 0 Å². The monoisotopic (exact) mass is 873 g/mol. The van der Waals surface area contributed by atoms with Gasteiger partial charge < -0.3 is 14.7 Å². The minimum atomic E-state index is -0.640. The van der Waals surface area contributed by atoms with E-state index in [0.717, 1.165) is 67.5 Å². The van der Waals surface area contributed by atoms with Crippen molar-refractivity contribution >= 4 is 85.1 Å². The van der Waals surface area contributed by atoms with Gasteiger partial charge in [-0.05, 0) is 132 Å². The summed E-state index contributed by atoms with van der Waals surface area (Å²) in [5.74, 6) is 0. The molecular weight excluding hydrogens is 798 g/mol. The van der Waals surface area contributed by atoms with Crippen LogP contribution in [0, 0.1) is 0 Å². The molecule has 2 heterocycles. The fourth-order valence-electron chi connectivity index (χ4n) is 9.57. The van der Waals surface area contributed by atoms with Crippen molar-refractivity contribution in [3.8, 4) is 0 Å². The Morgan fingerprint density at radius 2 is 0.879 bits per heavy atom. The van der Waals surface area contributed by atoms with Crippen LogP contribution >= 0.6 is 0 Å². The zero-order valence-corrected chi connectivity index (χ0v) is 40.2. The van der Waals surface area contributed by atoms with Gasteiger partial charge in [0.15, 0.2) is 0 Å². The zero-order valence-electron chi connectivity index (χ0n) is 51.2. The summed E-state index contributed by atoms with van der Waals surface area (Å²) in [6.07, 6.45) is 0. The highest BCUT2D eigenvalue weighted by molar-refractivity contribution is 7.00. The van der Waals surface area contributed by atoms with Gasteiger partial charge in [-0.3, -0.25) is 0 Å². The van der Waals surface area contributed by atoms with Crippen molar-refractivity contribution in [3.63, 3.8) is 0 Å². The second-order valence-electron chi connectivity index (χ2n) is 22.0. The average molecular weight is 873 g/mol. The molecule has 10 rings (SSSR count). The van der Waals surface area contributed by atoms with E-state index < -0.39 is 54.4 Å². The third-order valence-electron chi connectivity index (χ3n) is 13.3. The summed E-state index contributed by atoms with van der Waals surface area (Å²) in [7, 11) is 0. The van der Waals surface area contributed by atoms with Crippen molar-refractivity contribution < 1.29 is 15.1 Å². The van der Waals surface area contributed by atoms with E-state index in [2.05, 4.69) is 178 Å². The van der Waals surface area contributed by atoms with E-state index in [4.69, 9.17) is 8.22 Å². The van der Waals surface area contributed by atoms with Crippen molar-refractivity contribution in [3.05, 3.63) is 192 Å². The molecule has 2 aliphatic rings. The van der Waals surface area contributed by atoms with Crippen LogP contribution in [0.3, 0.4) is 0 Å². The third kappa shape index (κ3) is 7.49. The van der Waals surface area contributed by atoms with Crippen molar-refractivity contribution in [1.29, 1.82) is 0 Å². The molecule has 66 heavy (non-hydrogen) atoms. The van der Waals surface area contributed by atoms with Crippen molar-refractivity contribution in [2.45, 2.75) is 105 Å². The molecular formula is C62H64BN3. The summed E-state index contributed by atoms with van der Waals surface area (Å²) in [6, 6.07) is 29.4. The number of hydrogen-bond donors (Lipinski definition) is 0. The van der Waals surface area contributed by atoms with Gasteiger partial charge in [-0.15, -0.1) is 0 Å². The van der Waals surface area contributed by atoms with Crippen LogP contribution in [0.1, 0.15) is 120 Å². The third-order valence-corrected chi connectivity index (χ3v) is 13.3. The van der Waals surface area contributed by atoms with Crippen LogP contribution in [0.15, 0.2) is 170 Å². The fraction of sp³-hybridized carbons (Fsp3) is 0.258. The number of fused-ring (bicyclic) bond motifs is 5. The Morgan fingerprint density at radius 3 is 1.35 bits per heavy atom. The summed E-state index contributed by atoms with van der Waals surface area (Å²) in [5, 5.41) is -0.374. The molecule has 3 nitrogen and oxygen atoms in total. The van der Waals surface area contributed by atoms with Crippen LogP contribution in [0.4, 0.5) is 51.2 Å². The van der Waals surface area contributed by atoms with E-state index in [1.807, 2.05) is 12.1 Å². The second kappa shape index (κ2) is 15.5. The van der Waals surface area contributed by atoms with Gasteiger partial charge in [-0.1, -0.05) is 186 Å². The molecule has 0 unspecified atom stereocenters. The minimum absolute atomic E-state index is 0.141. The maximum atomic E-state index is 9.80. The van der Waals surface area contributed by atoms with E-state index in [0.29, 0.717) is 11.4 Å². The number of benzene rings is 8. The summed E-state index contributed by atoms with van der Waals surface area (Å²) >= 11 is 0. The summed E-state index contributed by atoms with van der Waals surface area (Å²) in [6.45, 7) is 26.0. The first-order valence-electron chi connectivity index (χ1n) is 28.5. The lowest BCUT2D eigenvalue weighted by atomic mass is 9.33. The van der Waals surface area contributed by atoms with Crippen LogP contribution in [0.5, 0.6) is 0 Å². The molecule has 0 aliphatic carbocycles. The molecule has 4 heteroatoms. The Labute approximate surface area is 410 Å². The second-order valence-corrected chi connectivity index (χ2v) is 22.0. The van der Waals surface area contributed by atoms with Gasteiger partial charge in [0.1, 0.15) is 0 Å². The fourth-order valence-corrected chi connectivity index (χ4v) is 9.57. The molecule has 0 radical (unpaired) electrons. The predicted octanol–water partition coefficient (Wildman–Crippen LogP) is 15.6. The standard InChI is InChI=1S/C62H64BN3/c1-59(2,3)42-25-31-47(32-26-42)65-54-35-29-44(61(7,8)9)37-51(54)63-52-38-45(62(10,11)12)30-36-55(52)66(48-33-27-43(28-34-48)60(4,5)6)57-40-49(39-56(65)58(57)63)64(46-21-14-13-15-22-46)53-24-18-20-41-19-16-17-23-50(41)53/h13-40H,1-12H3/i13D,14D,15D,16D,18D,19D,20D,21D,22D,23D,24D. The smallest absolute Gasteiger partial charge is 0.252 e. The first-order valence-corrected chi connectivity index (χ1v) is 23.0. The molecule has 0 saturated carbocycles. The van der Waals surface area contributed by atoms with Gasteiger partial charge in [0.25, 0.3) is 6.71 Å². The van der Waals surface area contributed by atoms with Gasteiger partial charge in [0.2, 0.25) is 0 Å². The van der Waals surface area contributed by atoms with Crippen LogP contribution < -0.4 is 31.1 Å². The van der Waals surface area contributed by atoms with E-state index in [1.54, 1.807) is 0 Å². The van der Waals surface area contributed by atoms with E-state index in [1.165, 1.54) is 4.90 Å². The van der Waals surface area contributed by atoms with Crippen LogP contribution in [0.25, 0.3) is 10.8 Å². The lowest BCUT2D eigenvalue weighted by molar-refractivity contribution is 0.590. The Bertz CT molecular complexity index is 3600. The SMILES string of the molecule is [2H]c1cc([2H])c2c(N(c3cc4c5c(c3)N(c3ccc(C(C)(C)C)cc3)c3ccc(C(C)(C)C)cc3B5c3cc(C(C)(C)C)ccc3N4c3ccc(C(C)(C)C)cc3)c3c([2H])c([2H])c([2H])c([2H])c3[2H])c([2H])c([2H])c([2H])c2c1[2H]. The molecule has 0 N–H and O–H groups in total. The van der Waals surface area contributed by atoms with E-state index in [9.17, 15) is 6.85 Å². The minimum Gasteiger partial charge on any atom is -0.311 e. The molecule has 0 atom stereocenters. The highest BCUT2D eigenvalue weighted by Gasteiger charge is 2.45. The van der Waals surface area contributed by atoms with E-state index in [-0.39, 0.29) is 68.3 Å². The Kier molecular flexibility index (Phi) is 7.59. The van der Waals surface area contributed by atoms with Crippen LogP contribution in [-0.4, -0.2) is 6.71 Å². The summed E-state index contributed by atoms with van der Waals surface area (Å²) in [4.78, 5) is 5.81. The van der Waals surface area contributed by atoms with Gasteiger partial charge in [0, 0.05) is 45.2 Å². The Balaban J connectivity index is 1.44. The largest absolute Gasteiger partial charge is 0.311 e. The highest BCUT2D eigenvalue weighted by atomic mass is 15.2. The topological polar surface area (TPSA) is 9.72 Å². The molecule has 0 amide bonds. The lowest BCUT2D eigenvalue weighted by Crippen LogP contribution is -2.61. The highest BCUT2D eigenvalue weighted by Crippen LogP contribution is 2.50. The Hall–Kier alpha value is -6.52. The predicted molar refractivity (Wildman–Crippen MR) is 287 cm³/mol. The number of hydrogen-bond acceptors (Lipinski definition) is 3. The zero-order chi connectivity index (χ0) is 56.1. The van der Waals surface area contributed by atoms with Crippen molar-refractivity contribution in [1.82, 2.24) is 0 Å². The normalized spacial score (nSPS) is 16.0. The van der Waals surface area contributed by atoms with Gasteiger partial charge in [0.05, 0.1) is 26.5 Å². The molecule has 8 aromatic rings. The molecule has 0 fully saturated rings. The number of nitrogens with zero attached hydrogens (tertiary/aromatic N) is 3. The molecule has 2 aliphatic heterocycles. The number of rotatable bonds is 5. The van der Waals surface area contributed by atoms with Crippen molar-refractivity contribution in [2.75, 3.05) is 14.7 Å². The number of para-hydroxylation sites is 1. The maximum absolute atomic E-state index is 9.80. The summed E-state index contributed by atoms with van der Waals surface area (Å²) in [5.41, 5.74) is 11.4. The van der Waals surface area contributed by atoms with Crippen LogP contribution in [-0.2, 0) is 21.7 Å². The Morgan fingerprint density at radius 1 is 0.424 bits per heavy atom. The molecule has 0 aromatic heterocycles. The average Bonchev–Trinajstić information content (AvgIpc) is 3.51. The number of anilines is 9. The summed E-state index contributed by atoms with van der Waals surface area (Å²) < 4.78 is 102. The van der Waals surface area contributed by atoms with Crippen LogP contribution in [0.2, 0.25) is 0 Å². The van der Waals surface area contributed by atoms with Gasteiger partial charge in [-0.25, -0.2) is 0 Å². The maximum Gasteiger partial charge on any atom is 0.252 e.